The zero-order chi connectivity index (χ0) is 22.7. The lowest BCUT2D eigenvalue weighted by Gasteiger charge is -2.23. The summed E-state index contributed by atoms with van der Waals surface area (Å²) in [5.41, 5.74) is 3.46. The van der Waals surface area contributed by atoms with E-state index in [9.17, 15) is 13.2 Å². The van der Waals surface area contributed by atoms with Gasteiger partial charge in [-0.2, -0.15) is 4.31 Å². The Kier molecular flexibility index (Phi) is 6.74. The van der Waals surface area contributed by atoms with Gasteiger partial charge in [-0.15, -0.1) is 11.3 Å². The highest BCUT2D eigenvalue weighted by atomic mass is 32.2. The number of amides is 1. The number of aryl methyl sites for hydroxylation is 1. The maximum atomic E-state index is 12.9. The first-order valence-electron chi connectivity index (χ1n) is 10.8. The number of aromatic nitrogens is 1. The highest BCUT2D eigenvalue weighted by Gasteiger charge is 2.30. The summed E-state index contributed by atoms with van der Waals surface area (Å²) in [6, 6.07) is 14.4. The van der Waals surface area contributed by atoms with E-state index >= 15 is 0 Å². The van der Waals surface area contributed by atoms with Gasteiger partial charge in [-0.05, 0) is 49.1 Å². The zero-order valence-electron chi connectivity index (χ0n) is 18.2. The topological polar surface area (TPSA) is 79.4 Å². The summed E-state index contributed by atoms with van der Waals surface area (Å²) < 4.78 is 27.2. The smallest absolute Gasteiger partial charge is 0.257 e. The fourth-order valence-corrected chi connectivity index (χ4v) is 6.08. The Bertz CT molecular complexity index is 1180. The van der Waals surface area contributed by atoms with Crippen molar-refractivity contribution < 1.29 is 13.2 Å². The number of benzene rings is 2. The molecule has 2 aromatic carbocycles. The molecule has 0 radical (unpaired) electrons. The van der Waals surface area contributed by atoms with E-state index in [0.717, 1.165) is 43.4 Å². The van der Waals surface area contributed by atoms with Crippen LogP contribution in [0.15, 0.2) is 58.8 Å². The van der Waals surface area contributed by atoms with Gasteiger partial charge in [0.2, 0.25) is 10.0 Å². The lowest BCUT2D eigenvalue weighted by Crippen LogP contribution is -2.35. The third kappa shape index (κ3) is 4.77. The summed E-state index contributed by atoms with van der Waals surface area (Å²) in [6.07, 6.45) is 4.90. The van der Waals surface area contributed by atoms with E-state index in [1.165, 1.54) is 33.3 Å². The Hall–Kier alpha value is -2.55. The van der Waals surface area contributed by atoms with E-state index in [0.29, 0.717) is 10.7 Å². The summed E-state index contributed by atoms with van der Waals surface area (Å²) in [4.78, 5) is 17.4. The fourth-order valence-electron chi connectivity index (χ4n) is 3.95. The molecule has 1 fully saturated rings. The molecule has 3 aromatic rings. The van der Waals surface area contributed by atoms with E-state index in [-0.39, 0.29) is 16.8 Å². The monoisotopic (exact) mass is 469 g/mol. The first kappa shape index (κ1) is 22.6. The van der Waals surface area contributed by atoms with Crippen LogP contribution in [0, 0.1) is 0 Å². The second kappa shape index (κ2) is 9.52. The third-order valence-electron chi connectivity index (χ3n) is 6.02. The normalized spacial score (nSPS) is 14.7. The van der Waals surface area contributed by atoms with Crippen molar-refractivity contribution in [3.05, 3.63) is 65.0 Å². The molecular formula is C24H27N3O3S2. The van der Waals surface area contributed by atoms with Gasteiger partial charge in [0.1, 0.15) is 0 Å². The van der Waals surface area contributed by atoms with Crippen molar-refractivity contribution in [3.8, 4) is 11.3 Å². The number of carbonyl (C=O) groups excluding carboxylic acids is 1. The van der Waals surface area contributed by atoms with E-state index in [2.05, 4.69) is 29.4 Å². The predicted molar refractivity (Wildman–Crippen MR) is 129 cm³/mol. The Labute approximate surface area is 193 Å². The Morgan fingerprint density at radius 2 is 1.75 bits per heavy atom. The molecule has 0 bridgehead atoms. The van der Waals surface area contributed by atoms with Gasteiger partial charge in [-0.1, -0.05) is 44.0 Å². The van der Waals surface area contributed by atoms with Crippen LogP contribution in [-0.4, -0.2) is 36.7 Å². The molecule has 0 spiro atoms. The van der Waals surface area contributed by atoms with Crippen LogP contribution in [0.1, 0.15) is 48.5 Å². The molecule has 0 saturated heterocycles. The van der Waals surface area contributed by atoms with Crippen LogP contribution in [0.2, 0.25) is 0 Å². The molecule has 168 valence electrons. The Morgan fingerprint density at radius 1 is 1.09 bits per heavy atom. The van der Waals surface area contributed by atoms with Crippen LogP contribution in [0.4, 0.5) is 5.13 Å². The number of hydrogen-bond acceptors (Lipinski definition) is 5. The van der Waals surface area contributed by atoms with E-state index in [4.69, 9.17) is 0 Å². The minimum Gasteiger partial charge on any atom is -0.298 e. The molecule has 8 heteroatoms. The highest BCUT2D eigenvalue weighted by molar-refractivity contribution is 7.89. The number of carbonyl (C=O) groups is 1. The second-order valence-corrected chi connectivity index (χ2v) is 10.9. The maximum absolute atomic E-state index is 12.9. The lowest BCUT2D eigenvalue weighted by molar-refractivity contribution is 0.102. The second-order valence-electron chi connectivity index (χ2n) is 8.03. The first-order valence-corrected chi connectivity index (χ1v) is 13.1. The van der Waals surface area contributed by atoms with Gasteiger partial charge in [0.15, 0.2) is 5.13 Å². The average Bonchev–Trinajstić information content (AvgIpc) is 3.51. The van der Waals surface area contributed by atoms with Gasteiger partial charge >= 0.3 is 0 Å². The average molecular weight is 470 g/mol. The molecule has 6 nitrogen and oxygen atoms in total. The molecule has 1 N–H and O–H groups in total. The first-order chi connectivity index (χ1) is 15.4. The molecule has 1 heterocycles. The highest BCUT2D eigenvalue weighted by Crippen LogP contribution is 2.28. The molecular weight excluding hydrogens is 442 g/mol. The molecule has 0 unspecified atom stereocenters. The van der Waals surface area contributed by atoms with Gasteiger partial charge < -0.3 is 0 Å². The van der Waals surface area contributed by atoms with Crippen LogP contribution in [-0.2, 0) is 16.4 Å². The maximum Gasteiger partial charge on any atom is 0.257 e. The third-order valence-corrected chi connectivity index (χ3v) is 8.70. The van der Waals surface area contributed by atoms with Crippen LogP contribution in [0.5, 0.6) is 0 Å². The van der Waals surface area contributed by atoms with Crippen molar-refractivity contribution in [1.82, 2.24) is 9.29 Å². The SMILES string of the molecule is CCc1ccc(-c2csc(NC(=O)c3ccc(S(=O)(=O)N(C)C4CCCC4)cc3)n2)cc1. The molecule has 0 aliphatic heterocycles. The van der Waals surface area contributed by atoms with Crippen LogP contribution >= 0.6 is 11.3 Å². The van der Waals surface area contributed by atoms with Crippen LogP contribution in [0.3, 0.4) is 0 Å². The minimum absolute atomic E-state index is 0.0558. The van der Waals surface area contributed by atoms with Crippen molar-refractivity contribution in [2.75, 3.05) is 12.4 Å². The fraction of sp³-hybridized carbons (Fsp3) is 0.333. The summed E-state index contributed by atoms with van der Waals surface area (Å²) in [7, 11) is -1.92. The van der Waals surface area contributed by atoms with Gasteiger partial charge in [-0.3, -0.25) is 10.1 Å². The molecule has 1 aliphatic rings. The van der Waals surface area contributed by atoms with Gasteiger partial charge in [0, 0.05) is 29.6 Å². The molecule has 1 saturated carbocycles. The molecule has 0 atom stereocenters. The summed E-state index contributed by atoms with van der Waals surface area (Å²) >= 11 is 1.36. The number of rotatable bonds is 7. The minimum atomic E-state index is -3.56. The van der Waals surface area contributed by atoms with Gasteiger partial charge in [-0.25, -0.2) is 13.4 Å². The number of nitrogens with one attached hydrogen (secondary N) is 1. The molecule has 1 aliphatic carbocycles. The van der Waals surface area contributed by atoms with Crippen molar-refractivity contribution in [3.63, 3.8) is 0 Å². The number of hydrogen-bond donors (Lipinski definition) is 1. The van der Waals surface area contributed by atoms with Crippen molar-refractivity contribution in [1.29, 1.82) is 0 Å². The molecule has 1 aromatic heterocycles. The number of anilines is 1. The van der Waals surface area contributed by atoms with Crippen molar-refractivity contribution in [2.45, 2.75) is 50.0 Å². The number of thiazole rings is 1. The number of nitrogens with zero attached hydrogens (tertiary/aromatic N) is 2. The van der Waals surface area contributed by atoms with E-state index in [1.54, 1.807) is 19.2 Å². The van der Waals surface area contributed by atoms with Crippen molar-refractivity contribution >= 4 is 32.4 Å². The lowest BCUT2D eigenvalue weighted by atomic mass is 10.1. The molecule has 32 heavy (non-hydrogen) atoms. The zero-order valence-corrected chi connectivity index (χ0v) is 19.9. The summed E-state index contributed by atoms with van der Waals surface area (Å²) in [5, 5.41) is 5.22. The summed E-state index contributed by atoms with van der Waals surface area (Å²) in [5.74, 6) is -0.319. The van der Waals surface area contributed by atoms with E-state index < -0.39 is 10.0 Å². The quantitative estimate of drug-likeness (QED) is 0.517. The largest absolute Gasteiger partial charge is 0.298 e. The van der Waals surface area contributed by atoms with E-state index in [1.807, 2.05) is 17.5 Å². The summed E-state index contributed by atoms with van der Waals surface area (Å²) in [6.45, 7) is 2.11. The van der Waals surface area contributed by atoms with Gasteiger partial charge in [0.05, 0.1) is 10.6 Å². The Morgan fingerprint density at radius 3 is 2.38 bits per heavy atom. The standard InChI is InChI=1S/C24H27N3O3S2/c1-3-17-8-10-18(11-9-17)22-16-31-24(25-22)26-23(28)19-12-14-21(15-13-19)32(29,30)27(2)20-6-4-5-7-20/h8-16,20H,3-7H2,1-2H3,(H,25,26,28). The predicted octanol–water partition coefficient (Wildman–Crippen LogP) is 5.19. The van der Waals surface area contributed by atoms with Crippen molar-refractivity contribution in [2.24, 2.45) is 0 Å². The number of sulfonamides is 1. The van der Waals surface area contributed by atoms with Crippen LogP contribution < -0.4 is 5.32 Å². The van der Waals surface area contributed by atoms with Crippen LogP contribution in [0.25, 0.3) is 11.3 Å². The molecule has 4 rings (SSSR count). The van der Waals surface area contributed by atoms with Gasteiger partial charge in [0.25, 0.3) is 5.91 Å². The Balaban J connectivity index is 1.43. The molecule has 1 amide bonds.